The highest BCUT2D eigenvalue weighted by Crippen LogP contribution is 2.25. The van der Waals surface area contributed by atoms with E-state index < -0.39 is 155 Å². The van der Waals surface area contributed by atoms with Gasteiger partial charge in [0.15, 0.2) is 28.9 Å². The molecule has 9 atom stereocenters. The molecule has 0 radical (unpaired) electrons. The number of ketones is 6. The van der Waals surface area contributed by atoms with Crippen LogP contribution in [0, 0.1) is 29.1 Å². The van der Waals surface area contributed by atoms with Gasteiger partial charge in [-0.3, -0.25) is 91.6 Å². The SMILES string of the molecule is CCCOCCNC(=O)CC[C@H](CC(=O)COCCOCCNC(=O)CC[C@H](NC(=O)CC[C@H](CC(=O)CCCCCCCCCCCCCCCCC(=O)O)C(=O)O)C(=O)O)C(=O)O.COCC(=O)C[C@@H](CCC(=O)NCCOCCOCC(=O)C[C@@H](CCC(=O)NCCCC[C@H](NCC(=O)C(C)(C)CC(=O)[C@@H](N)Cc1cnc[nH]1)C(=O)N[C@H](C(N)=O)[C@@H](C)O)C(=O)O)C(=O)O. The van der Waals surface area contributed by atoms with Crippen LogP contribution in [0.15, 0.2) is 12.5 Å². The summed E-state index contributed by atoms with van der Waals surface area (Å²) in [5.74, 6) is -17.6. The smallest absolute Gasteiger partial charge is 0.326 e. The molecule has 0 saturated carbocycles. The normalized spacial score (nSPS) is 13.3. The van der Waals surface area contributed by atoms with Crippen molar-refractivity contribution in [3.63, 3.8) is 0 Å². The molecule has 1 heterocycles. The summed E-state index contributed by atoms with van der Waals surface area (Å²) in [4.78, 5) is 237. The minimum atomic E-state index is -1.41. The Kier molecular flexibility index (Phi) is 69.7. The number of carboxylic acids is 6. The number of rotatable bonds is 87. The zero-order valence-electron chi connectivity index (χ0n) is 77.6. The van der Waals surface area contributed by atoms with Gasteiger partial charge in [0.05, 0.1) is 101 Å². The van der Waals surface area contributed by atoms with Crippen LogP contribution in [-0.4, -0.2) is 300 Å². The van der Waals surface area contributed by atoms with E-state index in [0.717, 1.165) is 57.8 Å². The Morgan fingerprint density at radius 3 is 1.23 bits per heavy atom. The van der Waals surface area contributed by atoms with Crippen LogP contribution >= 0.6 is 0 Å². The van der Waals surface area contributed by atoms with Gasteiger partial charge in [-0.05, 0) is 77.6 Å². The monoisotopic (exact) mass is 1880 g/mol. The molecule has 0 spiro atoms. The molecule has 43 nitrogen and oxygen atoms in total. The second kappa shape index (κ2) is 75.4. The first kappa shape index (κ1) is 122. The number of hydrogen-bond acceptors (Lipinski definition) is 29. The predicted molar refractivity (Wildman–Crippen MR) is 476 cm³/mol. The lowest BCUT2D eigenvalue weighted by Gasteiger charge is -2.27. The summed E-state index contributed by atoms with van der Waals surface area (Å²) in [6.07, 6.45) is 16.0. The molecule has 1 rings (SSSR count). The molecule has 0 aliphatic rings. The summed E-state index contributed by atoms with van der Waals surface area (Å²) in [5, 5.41) is 84.3. The number of Topliss-reactive ketones (excluding diaryl/α,β-unsaturated/α-hetero) is 6. The Morgan fingerprint density at radius 2 is 0.833 bits per heavy atom. The van der Waals surface area contributed by atoms with E-state index in [1.807, 2.05) is 6.92 Å². The van der Waals surface area contributed by atoms with Gasteiger partial charge in [0.1, 0.15) is 37.7 Å². The third-order valence-electron chi connectivity index (χ3n) is 21.1. The van der Waals surface area contributed by atoms with Crippen molar-refractivity contribution in [2.75, 3.05) is 113 Å². The van der Waals surface area contributed by atoms with Crippen LogP contribution in [-0.2, 0) is 126 Å². The number of aromatic nitrogens is 2. The van der Waals surface area contributed by atoms with Crippen LogP contribution in [0.5, 0.6) is 0 Å². The lowest BCUT2D eigenvalue weighted by molar-refractivity contribution is -0.145. The molecule has 1 aromatic rings. The number of ether oxygens (including phenoxy) is 6. The third-order valence-corrected chi connectivity index (χ3v) is 21.1. The largest absolute Gasteiger partial charge is 0.481 e. The van der Waals surface area contributed by atoms with Crippen LogP contribution in [0.4, 0.5) is 0 Å². The highest BCUT2D eigenvalue weighted by atomic mass is 16.5. The van der Waals surface area contributed by atoms with E-state index >= 15 is 0 Å². The van der Waals surface area contributed by atoms with E-state index in [2.05, 4.69) is 47.2 Å². The molecule has 0 unspecified atom stereocenters. The zero-order chi connectivity index (χ0) is 99.0. The average Bonchev–Trinajstić information content (AvgIpc) is 1.09. The van der Waals surface area contributed by atoms with Gasteiger partial charge in [0.2, 0.25) is 41.4 Å². The van der Waals surface area contributed by atoms with Crippen molar-refractivity contribution >= 4 is 112 Å². The fraction of sp³-hybridized carbons (Fsp3) is 0.753. The topological polar surface area (TPSA) is 686 Å². The van der Waals surface area contributed by atoms with Crippen molar-refractivity contribution < 1.29 is 155 Å². The Labute approximate surface area is 771 Å². The third kappa shape index (κ3) is 65.5. The van der Waals surface area contributed by atoms with E-state index in [4.69, 9.17) is 45.0 Å². The summed E-state index contributed by atoms with van der Waals surface area (Å²) in [7, 11) is 1.32. The predicted octanol–water partition coefficient (Wildman–Crippen LogP) is 3.34. The quantitative estimate of drug-likeness (QED) is 0.0416. The molecule has 0 bridgehead atoms. The van der Waals surface area contributed by atoms with Crippen LogP contribution in [0.25, 0.3) is 0 Å². The number of hydrogen-bond donors (Lipinski definition) is 17. The molecule has 752 valence electrons. The molecule has 19 N–H and O–H groups in total. The van der Waals surface area contributed by atoms with Gasteiger partial charge in [-0.25, -0.2) is 9.78 Å². The second-order valence-corrected chi connectivity index (χ2v) is 33.3. The number of nitrogens with two attached hydrogens (primary N) is 2. The fourth-order valence-electron chi connectivity index (χ4n) is 13.3. The van der Waals surface area contributed by atoms with Crippen molar-refractivity contribution in [1.29, 1.82) is 0 Å². The molecule has 1 aromatic heterocycles. The number of carbonyl (C=O) groups is 19. The van der Waals surface area contributed by atoms with E-state index in [9.17, 15) is 122 Å². The molecule has 0 fully saturated rings. The minimum Gasteiger partial charge on any atom is -0.481 e. The number of methoxy groups -OCH3 is 1. The number of aliphatic carboxylic acids is 6. The zero-order valence-corrected chi connectivity index (χ0v) is 77.6. The maximum Gasteiger partial charge on any atom is 0.326 e. The number of nitrogens with zero attached hydrogens (tertiary/aromatic N) is 1. The van der Waals surface area contributed by atoms with Gasteiger partial charge in [-0.2, -0.15) is 0 Å². The molecular weight excluding hydrogens is 1740 g/mol. The molecule has 43 heteroatoms. The molecule has 132 heavy (non-hydrogen) atoms. The van der Waals surface area contributed by atoms with E-state index in [1.54, 1.807) is 20.0 Å². The van der Waals surface area contributed by atoms with Crippen LogP contribution in [0.1, 0.15) is 258 Å². The highest BCUT2D eigenvalue weighted by Gasteiger charge is 2.35. The molecule has 7 amide bonds. The van der Waals surface area contributed by atoms with Gasteiger partial charge < -0.3 is 113 Å². The molecular formula is C89H149N11O32. The number of carbonyl (C=O) groups excluding carboxylic acids is 13. The first-order valence-corrected chi connectivity index (χ1v) is 45.7. The average molecular weight is 1890 g/mol. The number of amides is 7. The number of aliphatic hydroxyl groups excluding tert-OH is 1. The lowest BCUT2D eigenvalue weighted by atomic mass is 9.81. The van der Waals surface area contributed by atoms with E-state index in [0.29, 0.717) is 44.7 Å². The number of imidazole rings is 1. The molecule has 0 aliphatic heterocycles. The van der Waals surface area contributed by atoms with Gasteiger partial charge in [-0.15, -0.1) is 0 Å². The number of carboxylic acid groups (broad SMARTS) is 6. The van der Waals surface area contributed by atoms with Gasteiger partial charge >= 0.3 is 35.8 Å². The van der Waals surface area contributed by atoms with Gasteiger partial charge in [-0.1, -0.05) is 97.8 Å². The Hall–Kier alpha value is -10.0. The number of aliphatic hydroxyl groups is 1. The molecule has 0 aromatic carbocycles. The fourth-order valence-corrected chi connectivity index (χ4v) is 13.3. The standard InChI is InChI=1S/C46H79N3O16.C43H70N8O16/c1-2-27-63-28-25-47-40(52)22-19-36(45(59)60)33-38(51)34-65-31-30-64-29-26-48-41(53)24-21-39(46(61)62)49-42(54)23-20-35(44(57)58)32-37(50)17-15-13-11-9-7-5-3-4-6-8-10-12-14-16-18-43(55)56;1-26(52)38(39(45)59)51-40(60)33(49-22-35(56)43(2,3)20-34(55)32(44)19-29-21-46-25-50-29)7-5-6-12-47-36(57)10-8-28(42(63)64)18-31(54)24-67-16-15-66-14-13-48-37(58)11-9-27(41(61)62)17-30(53)23-65-4/h35-36,39H,2-34H2,1H3,(H,47,52)(H,48,53)(H,49,54)(H,55,56)(H,57,58)(H,59,60)(H,61,62);21,25-28,32-33,38,49,52H,5-20,22-24,44H2,1-4H3,(H2,45,59)(H,46,50)(H,47,57)(H,48,58)(H,51,60)(H,61,62)(H,63,64)/t35-,36-,39+;26-,27-,28-,32+,33+,38+/m11/s1. The number of nitrogens with one attached hydrogen (secondary N) is 8. The molecule has 0 saturated heterocycles. The summed E-state index contributed by atoms with van der Waals surface area (Å²) in [6, 6.07) is -4.73. The minimum absolute atomic E-state index is 0.00388. The first-order valence-electron chi connectivity index (χ1n) is 45.7. The Balaban J connectivity index is 0.00000260. The Morgan fingerprint density at radius 1 is 0.439 bits per heavy atom. The van der Waals surface area contributed by atoms with Crippen molar-refractivity contribution in [3.05, 3.63) is 18.2 Å². The summed E-state index contributed by atoms with van der Waals surface area (Å²) in [5.41, 5.74) is 10.9. The van der Waals surface area contributed by atoms with E-state index in [-0.39, 0.29) is 224 Å². The number of primary amides is 1. The van der Waals surface area contributed by atoms with Crippen molar-refractivity contribution in [1.82, 2.24) is 47.2 Å². The van der Waals surface area contributed by atoms with Crippen LogP contribution < -0.4 is 48.7 Å². The van der Waals surface area contributed by atoms with Crippen LogP contribution in [0.3, 0.4) is 0 Å². The van der Waals surface area contributed by atoms with E-state index in [1.165, 1.54) is 52.5 Å². The van der Waals surface area contributed by atoms with Crippen LogP contribution in [0.2, 0.25) is 0 Å². The summed E-state index contributed by atoms with van der Waals surface area (Å²) < 4.78 is 31.2. The molecule has 0 aliphatic carbocycles. The second-order valence-electron chi connectivity index (χ2n) is 33.3. The summed E-state index contributed by atoms with van der Waals surface area (Å²) in [6.45, 7) is 7.05. The number of H-pyrrole nitrogens is 1. The van der Waals surface area contributed by atoms with Gasteiger partial charge in [0, 0.05) is 141 Å². The number of unbranched alkanes of at least 4 members (excludes halogenated alkanes) is 14. The lowest BCUT2D eigenvalue weighted by Crippen LogP contribution is -2.56. The maximum absolute atomic E-state index is 13.3. The van der Waals surface area contributed by atoms with Crippen molar-refractivity contribution in [2.24, 2.45) is 40.6 Å². The maximum atomic E-state index is 13.3. The Bertz CT molecular complexity index is 3620. The van der Waals surface area contributed by atoms with Crippen molar-refractivity contribution in [2.45, 2.75) is 289 Å². The van der Waals surface area contributed by atoms with Gasteiger partial charge in [0.25, 0.3) is 0 Å². The number of aromatic amines is 1. The van der Waals surface area contributed by atoms with Crippen molar-refractivity contribution in [3.8, 4) is 0 Å². The highest BCUT2D eigenvalue weighted by molar-refractivity contribution is 5.95. The first-order chi connectivity index (χ1) is 62.7. The summed E-state index contributed by atoms with van der Waals surface area (Å²) >= 11 is 0.